The van der Waals surface area contributed by atoms with E-state index in [1.807, 2.05) is 29.8 Å². The molecule has 0 aromatic carbocycles. The van der Waals surface area contributed by atoms with Gasteiger partial charge in [-0.05, 0) is 31.5 Å². The zero-order valence-corrected chi connectivity index (χ0v) is 14.2. The molecule has 1 saturated heterocycles. The lowest BCUT2D eigenvalue weighted by molar-refractivity contribution is 0.245. The molecule has 0 bridgehead atoms. The predicted molar refractivity (Wildman–Crippen MR) is 94.1 cm³/mol. The minimum atomic E-state index is 0.398. The molecular weight excluding hydrogens is 326 g/mol. The average molecular weight is 343 g/mol. The van der Waals surface area contributed by atoms with Crippen molar-refractivity contribution in [2.24, 2.45) is 0 Å². The molecule has 118 valence electrons. The first-order valence-electron chi connectivity index (χ1n) is 7.64. The van der Waals surface area contributed by atoms with Crippen molar-refractivity contribution in [1.82, 2.24) is 19.9 Å². The van der Waals surface area contributed by atoms with Gasteiger partial charge in [-0.15, -0.1) is 22.7 Å². The molecule has 4 heterocycles. The maximum absolute atomic E-state index is 4.78. The molecule has 0 amide bonds. The molecule has 0 saturated carbocycles. The van der Waals surface area contributed by atoms with Crippen LogP contribution in [0.1, 0.15) is 29.6 Å². The van der Waals surface area contributed by atoms with Crippen molar-refractivity contribution in [3.8, 4) is 0 Å². The average Bonchev–Trinajstić information content (AvgIpc) is 3.30. The van der Waals surface area contributed by atoms with Crippen LogP contribution < -0.4 is 5.32 Å². The molecular formula is C16H17N5S2. The number of aromatic nitrogens is 3. The van der Waals surface area contributed by atoms with Crippen molar-refractivity contribution in [3.05, 3.63) is 52.1 Å². The van der Waals surface area contributed by atoms with Gasteiger partial charge in [-0.2, -0.15) is 0 Å². The molecule has 23 heavy (non-hydrogen) atoms. The highest BCUT2D eigenvalue weighted by molar-refractivity contribution is 7.13. The summed E-state index contributed by atoms with van der Waals surface area (Å²) in [4.78, 5) is 16.0. The largest absolute Gasteiger partial charge is 0.316 e. The molecule has 4 rings (SSSR count). The van der Waals surface area contributed by atoms with E-state index in [0.29, 0.717) is 6.04 Å². The predicted octanol–water partition coefficient (Wildman–Crippen LogP) is 4.08. The standard InChI is InChI=1S/C16H17N5S2/c1-2-6-17-14(5-1)20-16-19-12(11-23-16)13-4-3-8-21(13)10-15-18-7-9-22-15/h1-2,5-7,9,11,13H,3-4,8,10H2,(H,17,19,20). The highest BCUT2D eigenvalue weighted by Gasteiger charge is 2.28. The van der Waals surface area contributed by atoms with Crippen molar-refractivity contribution < 1.29 is 0 Å². The Labute approximate surface area is 143 Å². The van der Waals surface area contributed by atoms with Gasteiger partial charge in [-0.3, -0.25) is 4.90 Å². The molecule has 1 aliphatic rings. The molecule has 0 radical (unpaired) electrons. The molecule has 1 aliphatic heterocycles. The fourth-order valence-electron chi connectivity index (χ4n) is 2.90. The van der Waals surface area contributed by atoms with Gasteiger partial charge in [0.15, 0.2) is 5.13 Å². The zero-order valence-electron chi connectivity index (χ0n) is 12.6. The number of nitrogens with one attached hydrogen (secondary N) is 1. The second-order valence-corrected chi connectivity index (χ2v) is 7.31. The van der Waals surface area contributed by atoms with Crippen LogP contribution in [0, 0.1) is 0 Å². The van der Waals surface area contributed by atoms with E-state index in [4.69, 9.17) is 4.98 Å². The summed E-state index contributed by atoms with van der Waals surface area (Å²) in [7, 11) is 0. The van der Waals surface area contributed by atoms with Gasteiger partial charge in [0.05, 0.1) is 18.3 Å². The van der Waals surface area contributed by atoms with E-state index in [-0.39, 0.29) is 0 Å². The van der Waals surface area contributed by atoms with E-state index in [2.05, 4.69) is 25.6 Å². The van der Waals surface area contributed by atoms with E-state index in [1.54, 1.807) is 28.9 Å². The minimum Gasteiger partial charge on any atom is -0.316 e. The van der Waals surface area contributed by atoms with Crippen LogP contribution >= 0.6 is 22.7 Å². The highest BCUT2D eigenvalue weighted by atomic mass is 32.1. The van der Waals surface area contributed by atoms with Crippen molar-refractivity contribution in [3.63, 3.8) is 0 Å². The Morgan fingerprint density at radius 2 is 2.22 bits per heavy atom. The summed E-state index contributed by atoms with van der Waals surface area (Å²) in [5.74, 6) is 0.833. The molecule has 1 N–H and O–H groups in total. The second kappa shape index (κ2) is 6.74. The van der Waals surface area contributed by atoms with Gasteiger partial charge in [-0.25, -0.2) is 15.0 Å². The fourth-order valence-corrected chi connectivity index (χ4v) is 4.30. The van der Waals surface area contributed by atoms with Gasteiger partial charge in [0.2, 0.25) is 0 Å². The first-order chi connectivity index (χ1) is 11.4. The minimum absolute atomic E-state index is 0.398. The van der Waals surface area contributed by atoms with Gasteiger partial charge in [0.1, 0.15) is 10.8 Å². The van der Waals surface area contributed by atoms with Crippen LogP contribution in [0.15, 0.2) is 41.4 Å². The smallest absolute Gasteiger partial charge is 0.188 e. The van der Waals surface area contributed by atoms with Crippen molar-refractivity contribution in [2.75, 3.05) is 11.9 Å². The van der Waals surface area contributed by atoms with Gasteiger partial charge in [0, 0.05) is 23.2 Å². The Hall–Kier alpha value is -1.83. The number of hydrogen-bond donors (Lipinski definition) is 1. The molecule has 1 atom stereocenters. The maximum atomic E-state index is 4.78. The SMILES string of the molecule is c1ccc(Nc2nc(C3CCCN3Cc3nccs3)cs2)nc1. The number of nitrogens with zero attached hydrogens (tertiary/aromatic N) is 4. The monoisotopic (exact) mass is 343 g/mol. The van der Waals surface area contributed by atoms with Crippen LogP contribution in [0.2, 0.25) is 0 Å². The third-order valence-electron chi connectivity index (χ3n) is 3.95. The molecule has 0 aliphatic carbocycles. The van der Waals surface area contributed by atoms with Crippen LogP contribution in [0.25, 0.3) is 0 Å². The van der Waals surface area contributed by atoms with Gasteiger partial charge >= 0.3 is 0 Å². The summed E-state index contributed by atoms with van der Waals surface area (Å²) in [5.41, 5.74) is 1.16. The third-order valence-corrected chi connectivity index (χ3v) is 5.49. The number of anilines is 2. The summed E-state index contributed by atoms with van der Waals surface area (Å²) < 4.78 is 0. The van der Waals surface area contributed by atoms with Crippen LogP contribution in [0.3, 0.4) is 0 Å². The van der Waals surface area contributed by atoms with E-state index in [1.165, 1.54) is 11.4 Å². The van der Waals surface area contributed by atoms with E-state index >= 15 is 0 Å². The molecule has 0 spiro atoms. The number of thiazole rings is 2. The van der Waals surface area contributed by atoms with Crippen molar-refractivity contribution in [1.29, 1.82) is 0 Å². The number of hydrogen-bond acceptors (Lipinski definition) is 7. The van der Waals surface area contributed by atoms with Crippen LogP contribution in [0.5, 0.6) is 0 Å². The lowest BCUT2D eigenvalue weighted by Gasteiger charge is -2.21. The molecule has 1 unspecified atom stereocenters. The van der Waals surface area contributed by atoms with Gasteiger partial charge in [-0.1, -0.05) is 6.07 Å². The topological polar surface area (TPSA) is 53.9 Å². The zero-order chi connectivity index (χ0) is 15.5. The molecule has 5 nitrogen and oxygen atoms in total. The van der Waals surface area contributed by atoms with Crippen LogP contribution in [0.4, 0.5) is 10.9 Å². The molecule has 3 aromatic heterocycles. The summed E-state index contributed by atoms with van der Waals surface area (Å²) >= 11 is 3.36. The molecule has 7 heteroatoms. The first-order valence-corrected chi connectivity index (χ1v) is 9.40. The summed E-state index contributed by atoms with van der Waals surface area (Å²) in [6.45, 7) is 2.04. The van der Waals surface area contributed by atoms with Gasteiger partial charge < -0.3 is 5.32 Å². The lowest BCUT2D eigenvalue weighted by Crippen LogP contribution is -2.22. The quantitative estimate of drug-likeness (QED) is 0.756. The fraction of sp³-hybridized carbons (Fsp3) is 0.312. The Bertz CT molecular complexity index is 741. The maximum Gasteiger partial charge on any atom is 0.188 e. The second-order valence-electron chi connectivity index (χ2n) is 5.47. The highest BCUT2D eigenvalue weighted by Crippen LogP contribution is 2.35. The Kier molecular flexibility index (Phi) is 4.32. The summed E-state index contributed by atoms with van der Waals surface area (Å²) in [6.07, 6.45) is 6.04. The summed E-state index contributed by atoms with van der Waals surface area (Å²) in [5, 5.41) is 9.56. The number of pyridine rings is 1. The lowest BCUT2D eigenvalue weighted by atomic mass is 10.2. The molecule has 3 aromatic rings. The number of likely N-dealkylation sites (tertiary alicyclic amines) is 1. The van der Waals surface area contributed by atoms with Crippen molar-refractivity contribution in [2.45, 2.75) is 25.4 Å². The van der Waals surface area contributed by atoms with Crippen LogP contribution in [-0.4, -0.2) is 26.4 Å². The van der Waals surface area contributed by atoms with E-state index in [9.17, 15) is 0 Å². The van der Waals surface area contributed by atoms with Crippen LogP contribution in [-0.2, 0) is 6.54 Å². The molecule has 1 fully saturated rings. The van der Waals surface area contributed by atoms with Crippen molar-refractivity contribution >= 4 is 33.6 Å². The Balaban J connectivity index is 1.47. The number of rotatable bonds is 5. The third kappa shape index (κ3) is 3.41. The Morgan fingerprint density at radius 3 is 3.04 bits per heavy atom. The van der Waals surface area contributed by atoms with E-state index < -0.39 is 0 Å². The normalized spacial score (nSPS) is 18.3. The summed E-state index contributed by atoms with van der Waals surface area (Å²) in [6, 6.07) is 6.23. The van der Waals surface area contributed by atoms with Gasteiger partial charge in [0.25, 0.3) is 0 Å². The first kappa shape index (κ1) is 14.7. The van der Waals surface area contributed by atoms with E-state index in [0.717, 1.165) is 36.2 Å². The Morgan fingerprint density at radius 1 is 1.22 bits per heavy atom.